The lowest BCUT2D eigenvalue weighted by molar-refractivity contribution is -0.124. The van der Waals surface area contributed by atoms with E-state index < -0.39 is 11.7 Å². The summed E-state index contributed by atoms with van der Waals surface area (Å²) in [5, 5.41) is 9.22. The minimum atomic E-state index is -1.05. The molecular weight excluding hydrogens is 277 g/mol. The van der Waals surface area contributed by atoms with Gasteiger partial charge in [-0.05, 0) is 24.8 Å². The molecule has 1 saturated carbocycles. The van der Waals surface area contributed by atoms with Crippen molar-refractivity contribution in [3.8, 4) is 6.07 Å². The maximum absolute atomic E-state index is 14.0. The van der Waals surface area contributed by atoms with Gasteiger partial charge in [-0.1, -0.05) is 43.5 Å². The fourth-order valence-corrected chi connectivity index (χ4v) is 2.99. The Kier molecular flexibility index (Phi) is 4.77. The molecule has 0 aromatic heterocycles. The Morgan fingerprint density at radius 2 is 2.05 bits per heavy atom. The van der Waals surface area contributed by atoms with Crippen LogP contribution in [-0.2, 0) is 4.79 Å². The molecule has 2 nitrogen and oxygen atoms in total. The first-order valence-corrected chi connectivity index (χ1v) is 7.29. The van der Waals surface area contributed by atoms with Crippen molar-refractivity contribution >= 4 is 17.4 Å². The summed E-state index contributed by atoms with van der Waals surface area (Å²) in [7, 11) is 0. The van der Waals surface area contributed by atoms with Gasteiger partial charge in [-0.2, -0.15) is 5.26 Å². The van der Waals surface area contributed by atoms with Gasteiger partial charge < -0.3 is 0 Å². The number of benzene rings is 1. The summed E-state index contributed by atoms with van der Waals surface area (Å²) in [5.41, 5.74) is 0.101. The Bertz CT molecular complexity index is 544. The molecule has 0 bridgehead atoms. The van der Waals surface area contributed by atoms with Crippen molar-refractivity contribution in [2.75, 3.05) is 0 Å². The zero-order valence-corrected chi connectivity index (χ0v) is 12.2. The van der Waals surface area contributed by atoms with E-state index in [1.54, 1.807) is 6.07 Å². The summed E-state index contributed by atoms with van der Waals surface area (Å²) in [6.07, 6.45) is 3.57. The molecule has 2 rings (SSSR count). The first-order chi connectivity index (χ1) is 9.54. The zero-order chi connectivity index (χ0) is 14.7. The molecule has 0 saturated heterocycles. The minimum absolute atomic E-state index is 0.0483. The van der Waals surface area contributed by atoms with E-state index in [1.807, 2.05) is 6.07 Å². The van der Waals surface area contributed by atoms with Gasteiger partial charge in [0.15, 0.2) is 5.78 Å². The third-order valence-electron chi connectivity index (χ3n) is 4.12. The van der Waals surface area contributed by atoms with E-state index in [9.17, 15) is 14.4 Å². The lowest BCUT2D eigenvalue weighted by Gasteiger charge is -2.26. The van der Waals surface area contributed by atoms with Crippen LogP contribution in [0.1, 0.15) is 44.1 Å². The molecule has 0 heterocycles. The molecule has 0 aliphatic heterocycles. The SMILES string of the molecule is CC1CCC(C(=O)C(C#N)c2cccc(Cl)c2F)CC1. The molecule has 1 aliphatic carbocycles. The van der Waals surface area contributed by atoms with E-state index in [0.717, 1.165) is 25.7 Å². The predicted molar refractivity (Wildman–Crippen MR) is 75.9 cm³/mol. The average molecular weight is 294 g/mol. The first kappa shape index (κ1) is 15.0. The highest BCUT2D eigenvalue weighted by molar-refractivity contribution is 6.30. The summed E-state index contributed by atoms with van der Waals surface area (Å²) in [6.45, 7) is 2.17. The third kappa shape index (κ3) is 3.02. The smallest absolute Gasteiger partial charge is 0.157 e. The number of Topliss-reactive ketones (excluding diaryl/α,β-unsaturated/α-hetero) is 1. The van der Waals surface area contributed by atoms with E-state index in [4.69, 9.17) is 11.6 Å². The summed E-state index contributed by atoms with van der Waals surface area (Å²) >= 11 is 5.73. The van der Waals surface area contributed by atoms with Gasteiger partial charge in [0.2, 0.25) is 0 Å². The molecule has 1 atom stereocenters. The van der Waals surface area contributed by atoms with Crippen molar-refractivity contribution in [3.05, 3.63) is 34.6 Å². The molecule has 1 fully saturated rings. The molecule has 1 aromatic rings. The summed E-state index contributed by atoms with van der Waals surface area (Å²) in [5.74, 6) is -1.37. The van der Waals surface area contributed by atoms with Crippen LogP contribution in [0.5, 0.6) is 0 Å². The fraction of sp³-hybridized carbons (Fsp3) is 0.500. The van der Waals surface area contributed by atoms with E-state index in [1.165, 1.54) is 12.1 Å². The normalized spacial score (nSPS) is 23.9. The van der Waals surface area contributed by atoms with E-state index in [0.29, 0.717) is 5.92 Å². The second-order valence-corrected chi connectivity index (χ2v) is 5.97. The number of carbonyl (C=O) groups excluding carboxylic acids is 1. The highest BCUT2D eigenvalue weighted by Crippen LogP contribution is 2.34. The van der Waals surface area contributed by atoms with Gasteiger partial charge in [0.1, 0.15) is 11.7 Å². The summed E-state index contributed by atoms with van der Waals surface area (Å²) < 4.78 is 14.0. The Labute approximate surface area is 123 Å². The molecule has 20 heavy (non-hydrogen) atoms. The van der Waals surface area contributed by atoms with E-state index in [2.05, 4.69) is 6.92 Å². The zero-order valence-electron chi connectivity index (χ0n) is 11.4. The van der Waals surface area contributed by atoms with Crippen LogP contribution in [0.15, 0.2) is 18.2 Å². The number of ketones is 1. The number of halogens is 2. The van der Waals surface area contributed by atoms with Gasteiger partial charge in [0, 0.05) is 11.5 Å². The second kappa shape index (κ2) is 6.37. The molecule has 0 radical (unpaired) electrons. The number of hydrogen-bond acceptors (Lipinski definition) is 2. The van der Waals surface area contributed by atoms with Crippen LogP contribution in [-0.4, -0.2) is 5.78 Å². The Hall–Kier alpha value is -1.40. The molecule has 1 aliphatic rings. The number of hydrogen-bond donors (Lipinski definition) is 0. The van der Waals surface area contributed by atoms with Crippen molar-refractivity contribution in [1.29, 1.82) is 5.26 Å². The second-order valence-electron chi connectivity index (χ2n) is 5.56. The van der Waals surface area contributed by atoms with Crippen LogP contribution in [0.25, 0.3) is 0 Å². The molecular formula is C16H17ClFNO. The van der Waals surface area contributed by atoms with Crippen LogP contribution in [0.4, 0.5) is 4.39 Å². The van der Waals surface area contributed by atoms with Crippen molar-refractivity contribution in [3.63, 3.8) is 0 Å². The minimum Gasteiger partial charge on any atom is -0.298 e. The monoisotopic (exact) mass is 293 g/mol. The van der Waals surface area contributed by atoms with Gasteiger partial charge in [-0.3, -0.25) is 4.79 Å². The van der Waals surface area contributed by atoms with E-state index in [-0.39, 0.29) is 22.3 Å². The molecule has 4 heteroatoms. The van der Waals surface area contributed by atoms with Crippen LogP contribution in [0.3, 0.4) is 0 Å². The Morgan fingerprint density at radius 3 is 2.65 bits per heavy atom. The van der Waals surface area contributed by atoms with Gasteiger partial charge in [0.25, 0.3) is 0 Å². The van der Waals surface area contributed by atoms with Crippen molar-refractivity contribution < 1.29 is 9.18 Å². The maximum Gasteiger partial charge on any atom is 0.157 e. The first-order valence-electron chi connectivity index (χ1n) is 6.91. The molecule has 1 aromatic carbocycles. The van der Waals surface area contributed by atoms with Crippen LogP contribution in [0, 0.1) is 29.0 Å². The molecule has 0 amide bonds. The van der Waals surface area contributed by atoms with Gasteiger partial charge >= 0.3 is 0 Å². The number of nitrogens with zero attached hydrogens (tertiary/aromatic N) is 1. The van der Waals surface area contributed by atoms with Crippen molar-refractivity contribution in [1.82, 2.24) is 0 Å². The molecule has 1 unspecified atom stereocenters. The summed E-state index contributed by atoms with van der Waals surface area (Å²) in [4.78, 5) is 12.5. The van der Waals surface area contributed by atoms with Crippen molar-refractivity contribution in [2.45, 2.75) is 38.5 Å². The Morgan fingerprint density at radius 1 is 1.40 bits per heavy atom. The van der Waals surface area contributed by atoms with Crippen LogP contribution >= 0.6 is 11.6 Å². The van der Waals surface area contributed by atoms with Gasteiger partial charge in [0.05, 0.1) is 11.1 Å². The van der Waals surface area contributed by atoms with Gasteiger partial charge in [-0.15, -0.1) is 0 Å². The van der Waals surface area contributed by atoms with Crippen LogP contribution in [0.2, 0.25) is 5.02 Å². The highest BCUT2D eigenvalue weighted by Gasteiger charge is 2.32. The quantitative estimate of drug-likeness (QED) is 0.824. The maximum atomic E-state index is 14.0. The van der Waals surface area contributed by atoms with Crippen LogP contribution < -0.4 is 0 Å². The lowest BCUT2D eigenvalue weighted by Crippen LogP contribution is -2.26. The number of rotatable bonds is 3. The highest BCUT2D eigenvalue weighted by atomic mass is 35.5. The summed E-state index contributed by atoms with van der Waals surface area (Å²) in [6, 6.07) is 6.41. The fourth-order valence-electron chi connectivity index (χ4n) is 2.81. The van der Waals surface area contributed by atoms with Gasteiger partial charge in [-0.25, -0.2) is 4.39 Å². The predicted octanol–water partition coefficient (Wildman–Crippen LogP) is 4.48. The largest absolute Gasteiger partial charge is 0.298 e. The number of nitriles is 1. The molecule has 0 spiro atoms. The third-order valence-corrected chi connectivity index (χ3v) is 4.42. The lowest BCUT2D eigenvalue weighted by atomic mass is 9.77. The Balaban J connectivity index is 2.22. The number of carbonyl (C=O) groups is 1. The molecule has 106 valence electrons. The van der Waals surface area contributed by atoms with E-state index >= 15 is 0 Å². The molecule has 0 N–H and O–H groups in total. The van der Waals surface area contributed by atoms with Crippen molar-refractivity contribution in [2.24, 2.45) is 11.8 Å². The standard InChI is InChI=1S/C16H17ClFNO/c1-10-5-7-11(8-6-10)16(20)13(9-19)12-3-2-4-14(17)15(12)18/h2-4,10-11,13H,5-8H2,1H3. The average Bonchev–Trinajstić information content (AvgIpc) is 2.45. The topological polar surface area (TPSA) is 40.9 Å².